The first-order valence-corrected chi connectivity index (χ1v) is 17.9. The Bertz CT molecular complexity index is 1950. The summed E-state index contributed by atoms with van der Waals surface area (Å²) < 4.78 is 68.2. The number of hydrogen-bond acceptors (Lipinski definition) is 8. The van der Waals surface area contributed by atoms with E-state index < -0.39 is 54.5 Å². The van der Waals surface area contributed by atoms with Crippen LogP contribution in [0.3, 0.4) is 0 Å². The predicted octanol–water partition coefficient (Wildman–Crippen LogP) is 7.53. The van der Waals surface area contributed by atoms with Gasteiger partial charge in [0.2, 0.25) is 11.6 Å². The maximum Gasteiger partial charge on any atom is 0.225 e. The zero-order valence-corrected chi connectivity index (χ0v) is 30.8. The zero-order valence-electron chi connectivity index (χ0n) is 30.0. The van der Waals surface area contributed by atoms with Crippen molar-refractivity contribution in [1.82, 2.24) is 0 Å². The summed E-state index contributed by atoms with van der Waals surface area (Å²) in [6, 6.07) is 36.2. The standard InChI is InChI=1S/C43H43ClF2O8/c1-49-36-21-18-32(37(45)38(36)46)22-33-23-34(19-20-35(33)44)43(50-2)41(53-26-31-16-10-5-11-17-31)39(51-24-29-12-6-3-7-13-29)40(42(27-47,28-48)54-43)52-25-30-14-8-4-9-15-30/h3-21,23,39-41,47-48H,22,24-28H2,1-2H3/t39-,40+,41+,43-/m0/s1. The summed E-state index contributed by atoms with van der Waals surface area (Å²) in [7, 11) is 2.68. The average Bonchev–Trinajstić information content (AvgIpc) is 3.22. The Kier molecular flexibility index (Phi) is 13.1. The van der Waals surface area contributed by atoms with Crippen LogP contribution < -0.4 is 4.74 Å². The molecule has 6 rings (SSSR count). The van der Waals surface area contributed by atoms with Crippen LogP contribution in [0.15, 0.2) is 121 Å². The van der Waals surface area contributed by atoms with E-state index in [1.807, 2.05) is 91.0 Å². The smallest absolute Gasteiger partial charge is 0.225 e. The topological polar surface area (TPSA) is 95.8 Å². The van der Waals surface area contributed by atoms with Gasteiger partial charge in [0.05, 0.1) is 40.1 Å². The highest BCUT2D eigenvalue weighted by atomic mass is 35.5. The van der Waals surface area contributed by atoms with Gasteiger partial charge in [-0.2, -0.15) is 4.39 Å². The van der Waals surface area contributed by atoms with Crippen molar-refractivity contribution in [2.45, 2.75) is 55.9 Å². The first-order chi connectivity index (χ1) is 26.3. The summed E-state index contributed by atoms with van der Waals surface area (Å²) in [6.45, 7) is -1.08. The second kappa shape index (κ2) is 17.9. The summed E-state index contributed by atoms with van der Waals surface area (Å²) in [4.78, 5) is 0. The molecule has 0 bridgehead atoms. The van der Waals surface area contributed by atoms with Crippen molar-refractivity contribution in [3.63, 3.8) is 0 Å². The Labute approximate surface area is 318 Å². The molecule has 1 saturated heterocycles. The Morgan fingerprint density at radius 2 is 1.19 bits per heavy atom. The monoisotopic (exact) mass is 760 g/mol. The lowest BCUT2D eigenvalue weighted by molar-refractivity contribution is -0.417. The molecule has 5 aromatic carbocycles. The second-order valence-electron chi connectivity index (χ2n) is 13.1. The number of hydrogen-bond donors (Lipinski definition) is 2. The summed E-state index contributed by atoms with van der Waals surface area (Å²) in [6.07, 6.45) is -3.33. The minimum Gasteiger partial charge on any atom is -0.494 e. The van der Waals surface area contributed by atoms with Crippen molar-refractivity contribution < 1.29 is 47.4 Å². The quantitative estimate of drug-likeness (QED) is 0.107. The van der Waals surface area contributed by atoms with Crippen molar-refractivity contribution in [1.29, 1.82) is 0 Å². The first-order valence-electron chi connectivity index (χ1n) is 17.5. The lowest BCUT2D eigenvalue weighted by Crippen LogP contribution is -2.72. The van der Waals surface area contributed by atoms with Crippen LogP contribution in [0, 0.1) is 11.6 Å². The van der Waals surface area contributed by atoms with Crippen LogP contribution in [-0.4, -0.2) is 61.6 Å². The number of aliphatic hydroxyl groups excluding tert-OH is 2. The fourth-order valence-electron chi connectivity index (χ4n) is 6.80. The van der Waals surface area contributed by atoms with Gasteiger partial charge in [0.15, 0.2) is 11.6 Å². The van der Waals surface area contributed by atoms with Crippen LogP contribution in [0.25, 0.3) is 0 Å². The minimum atomic E-state index is -1.88. The van der Waals surface area contributed by atoms with E-state index >= 15 is 4.39 Å². The van der Waals surface area contributed by atoms with Gasteiger partial charge in [-0.1, -0.05) is 115 Å². The van der Waals surface area contributed by atoms with E-state index in [2.05, 4.69) is 0 Å². The number of rotatable bonds is 16. The Morgan fingerprint density at radius 3 is 1.70 bits per heavy atom. The van der Waals surface area contributed by atoms with Gasteiger partial charge in [-0.15, -0.1) is 0 Å². The average molecular weight is 761 g/mol. The van der Waals surface area contributed by atoms with E-state index in [1.165, 1.54) is 26.4 Å². The summed E-state index contributed by atoms with van der Waals surface area (Å²) in [5.74, 6) is -4.28. The van der Waals surface area contributed by atoms with Crippen LogP contribution in [0.4, 0.5) is 8.78 Å². The number of aliphatic hydroxyl groups is 2. The number of benzene rings is 5. The van der Waals surface area contributed by atoms with Crippen LogP contribution in [0.1, 0.15) is 33.4 Å². The van der Waals surface area contributed by atoms with Gasteiger partial charge >= 0.3 is 0 Å². The van der Waals surface area contributed by atoms with Crippen molar-refractivity contribution >= 4 is 11.6 Å². The molecule has 54 heavy (non-hydrogen) atoms. The number of ether oxygens (including phenoxy) is 6. The van der Waals surface area contributed by atoms with Crippen LogP contribution in [-0.2, 0) is 55.7 Å². The third kappa shape index (κ3) is 8.36. The van der Waals surface area contributed by atoms with E-state index in [4.69, 9.17) is 40.0 Å². The van der Waals surface area contributed by atoms with Crippen molar-refractivity contribution in [3.8, 4) is 5.75 Å². The Balaban J connectivity index is 1.48. The molecule has 8 nitrogen and oxygen atoms in total. The molecule has 1 fully saturated rings. The van der Waals surface area contributed by atoms with Gasteiger partial charge in [-0.25, -0.2) is 4.39 Å². The van der Waals surface area contributed by atoms with Crippen LogP contribution in [0.5, 0.6) is 5.75 Å². The summed E-state index contributed by atoms with van der Waals surface area (Å²) in [5.41, 5.74) is 1.57. The fourth-order valence-corrected chi connectivity index (χ4v) is 6.98. The van der Waals surface area contributed by atoms with E-state index in [-0.39, 0.29) is 42.6 Å². The van der Waals surface area contributed by atoms with Crippen LogP contribution >= 0.6 is 11.6 Å². The summed E-state index contributed by atoms with van der Waals surface area (Å²) in [5, 5.41) is 22.6. The molecular formula is C43H43ClF2O8. The predicted molar refractivity (Wildman–Crippen MR) is 199 cm³/mol. The molecule has 4 atom stereocenters. The third-order valence-electron chi connectivity index (χ3n) is 9.69. The molecule has 2 N–H and O–H groups in total. The maximum atomic E-state index is 15.2. The molecule has 11 heteroatoms. The SMILES string of the molecule is COc1ccc(Cc2cc([C@]3(OC)OC(CO)(CO)[C@H](OCc4ccccc4)[C@H](OCc4ccccc4)[C@H]3OCc3ccccc3)ccc2Cl)c(F)c1F. The molecule has 1 aliphatic rings. The third-order valence-corrected chi connectivity index (χ3v) is 10.1. The highest BCUT2D eigenvalue weighted by Crippen LogP contribution is 2.48. The number of methoxy groups -OCH3 is 2. The normalized spacial score (nSPS) is 20.8. The van der Waals surface area contributed by atoms with Crippen molar-refractivity contribution in [2.75, 3.05) is 27.4 Å². The molecule has 1 heterocycles. The molecule has 0 aromatic heterocycles. The van der Waals surface area contributed by atoms with Gasteiger partial charge in [0.25, 0.3) is 0 Å². The van der Waals surface area contributed by atoms with E-state index in [1.54, 1.807) is 18.2 Å². The van der Waals surface area contributed by atoms with Gasteiger partial charge in [-0.05, 0) is 46.0 Å². The molecule has 1 aliphatic heterocycles. The van der Waals surface area contributed by atoms with E-state index in [0.29, 0.717) is 11.1 Å². The Morgan fingerprint density at radius 1 is 0.648 bits per heavy atom. The van der Waals surface area contributed by atoms with Gasteiger partial charge in [-0.3, -0.25) is 0 Å². The molecule has 5 aromatic rings. The van der Waals surface area contributed by atoms with Gasteiger partial charge in [0, 0.05) is 24.1 Å². The van der Waals surface area contributed by atoms with Crippen LogP contribution in [0.2, 0.25) is 5.02 Å². The van der Waals surface area contributed by atoms with Crippen molar-refractivity contribution in [3.05, 3.63) is 171 Å². The van der Waals surface area contributed by atoms with Gasteiger partial charge in [0.1, 0.15) is 23.9 Å². The molecule has 0 unspecified atom stereocenters. The van der Waals surface area contributed by atoms with Gasteiger partial charge < -0.3 is 38.6 Å². The molecule has 0 amide bonds. The maximum absolute atomic E-state index is 15.2. The first kappa shape index (κ1) is 39.5. The molecule has 0 aliphatic carbocycles. The molecule has 0 saturated carbocycles. The fraction of sp³-hybridized carbons (Fsp3) is 0.302. The highest BCUT2D eigenvalue weighted by Gasteiger charge is 2.64. The lowest BCUT2D eigenvalue weighted by Gasteiger charge is -2.56. The van der Waals surface area contributed by atoms with E-state index in [0.717, 1.165) is 16.7 Å². The second-order valence-corrected chi connectivity index (χ2v) is 13.5. The summed E-state index contributed by atoms with van der Waals surface area (Å²) >= 11 is 6.70. The molecule has 284 valence electrons. The molecule has 0 radical (unpaired) electrons. The van der Waals surface area contributed by atoms with Crippen molar-refractivity contribution in [2.24, 2.45) is 0 Å². The minimum absolute atomic E-state index is 0.0405. The molecule has 0 spiro atoms. The molecular weight excluding hydrogens is 718 g/mol. The number of halogens is 3. The largest absolute Gasteiger partial charge is 0.494 e. The zero-order chi connectivity index (χ0) is 38.1. The highest BCUT2D eigenvalue weighted by molar-refractivity contribution is 6.31. The lowest BCUT2D eigenvalue weighted by atomic mass is 9.80. The Hall–Kier alpha value is -4.23. The van der Waals surface area contributed by atoms with E-state index in [9.17, 15) is 14.6 Å².